The average molecular weight is 351 g/mol. The van der Waals surface area contributed by atoms with Crippen molar-refractivity contribution in [2.24, 2.45) is 0 Å². The number of para-hydroxylation sites is 3. The molecule has 1 amide bonds. The van der Waals surface area contributed by atoms with Crippen molar-refractivity contribution in [1.29, 1.82) is 0 Å². The lowest BCUT2D eigenvalue weighted by atomic mass is 9.99. The summed E-state index contributed by atoms with van der Waals surface area (Å²) in [6, 6.07) is 24.5. The normalized spacial score (nSPS) is 10.3. The Kier molecular flexibility index (Phi) is 5.36. The number of carbonyl (C=O) groups is 1. The Morgan fingerprint density at radius 3 is 2.28 bits per heavy atom. The summed E-state index contributed by atoms with van der Waals surface area (Å²) in [5, 5.41) is 0.634. The summed E-state index contributed by atoms with van der Waals surface area (Å²) in [4.78, 5) is 14.0. The van der Waals surface area contributed by atoms with Gasteiger partial charge in [0, 0.05) is 11.9 Å². The summed E-state index contributed by atoms with van der Waals surface area (Å²) in [5.74, 6) is 1.26. The molecule has 3 aromatic carbocycles. The van der Waals surface area contributed by atoms with Gasteiger partial charge in [0.15, 0.2) is 5.75 Å². The Morgan fingerprint density at radius 2 is 1.56 bits per heavy atom. The van der Waals surface area contributed by atoms with Crippen molar-refractivity contribution in [3.8, 4) is 11.5 Å². The van der Waals surface area contributed by atoms with Gasteiger partial charge in [-0.05, 0) is 35.9 Å². The predicted molar refractivity (Wildman–Crippen MR) is 101 cm³/mol. The van der Waals surface area contributed by atoms with Crippen molar-refractivity contribution >= 4 is 23.2 Å². The second kappa shape index (κ2) is 7.86. The molecule has 0 aliphatic rings. The highest BCUT2D eigenvalue weighted by Crippen LogP contribution is 2.33. The van der Waals surface area contributed by atoms with E-state index in [0.29, 0.717) is 23.0 Å². The molecule has 0 atom stereocenters. The predicted octanol–water partition coefficient (Wildman–Crippen LogP) is 5.69. The fraction of sp³-hybridized carbons (Fsp3) is 0.0952. The van der Waals surface area contributed by atoms with Gasteiger partial charge in [0.25, 0.3) is 0 Å². The minimum Gasteiger partial charge on any atom is -0.455 e. The summed E-state index contributed by atoms with van der Waals surface area (Å²) in [6.45, 7) is 1.92. The highest BCUT2D eigenvalue weighted by Gasteiger charge is 2.18. The molecule has 0 saturated carbocycles. The van der Waals surface area contributed by atoms with Gasteiger partial charge in [0.05, 0.1) is 12.2 Å². The van der Waals surface area contributed by atoms with E-state index in [0.717, 1.165) is 11.3 Å². The molecule has 0 N–H and O–H groups in total. The van der Waals surface area contributed by atoms with Crippen molar-refractivity contribution in [3.05, 3.63) is 89.4 Å². The van der Waals surface area contributed by atoms with Gasteiger partial charge in [-0.2, -0.15) is 0 Å². The fourth-order valence-electron chi connectivity index (χ4n) is 2.55. The van der Waals surface area contributed by atoms with Crippen LogP contribution in [0.5, 0.6) is 11.5 Å². The van der Waals surface area contributed by atoms with Crippen LogP contribution in [0.4, 0.5) is 5.69 Å². The molecule has 0 aliphatic heterocycles. The standard InChI is InChI=1S/C21H18ClNO2/c1-16(24)23(15-17-9-5-6-12-19(17)22)20-13-7-8-14-21(20)25-18-10-3-2-4-11-18/h2-14H,15H2,1H3/i16-1. The molecule has 0 radical (unpaired) electrons. The van der Waals surface area contributed by atoms with E-state index in [1.807, 2.05) is 78.9 Å². The molecule has 4 heteroatoms. The Labute approximate surface area is 152 Å². The molecular formula is C21H18ClNO2. The van der Waals surface area contributed by atoms with Gasteiger partial charge in [0.2, 0.25) is 5.91 Å². The maximum absolute atomic E-state index is 12.3. The van der Waals surface area contributed by atoms with E-state index in [1.54, 1.807) is 4.90 Å². The van der Waals surface area contributed by atoms with Crippen LogP contribution in [0.2, 0.25) is 5.02 Å². The fourth-order valence-corrected chi connectivity index (χ4v) is 2.74. The highest BCUT2D eigenvalue weighted by molar-refractivity contribution is 6.31. The zero-order valence-corrected chi connectivity index (χ0v) is 14.6. The van der Waals surface area contributed by atoms with Crippen LogP contribution in [0.15, 0.2) is 78.9 Å². The van der Waals surface area contributed by atoms with E-state index in [-0.39, 0.29) is 5.91 Å². The van der Waals surface area contributed by atoms with Crippen LogP contribution < -0.4 is 9.64 Å². The third kappa shape index (κ3) is 4.20. The zero-order chi connectivity index (χ0) is 17.6. The minimum atomic E-state index is -0.0796. The van der Waals surface area contributed by atoms with Gasteiger partial charge in [-0.25, -0.2) is 0 Å². The smallest absolute Gasteiger partial charge is 0.224 e. The Morgan fingerprint density at radius 1 is 0.920 bits per heavy atom. The number of hydrogen-bond acceptors (Lipinski definition) is 2. The number of amides is 1. The number of carbonyl (C=O) groups excluding carboxylic acids is 1. The number of halogens is 1. The van der Waals surface area contributed by atoms with Crippen molar-refractivity contribution in [2.75, 3.05) is 4.90 Å². The first-order valence-corrected chi connectivity index (χ1v) is 8.36. The maximum Gasteiger partial charge on any atom is 0.224 e. The van der Waals surface area contributed by atoms with Crippen LogP contribution in [-0.4, -0.2) is 5.91 Å². The van der Waals surface area contributed by atoms with E-state index in [1.165, 1.54) is 6.92 Å². The molecule has 0 aliphatic carbocycles. The minimum absolute atomic E-state index is 0.0796. The molecular weight excluding hydrogens is 333 g/mol. The van der Waals surface area contributed by atoms with Crippen molar-refractivity contribution in [3.63, 3.8) is 0 Å². The number of benzene rings is 3. The topological polar surface area (TPSA) is 29.5 Å². The molecule has 25 heavy (non-hydrogen) atoms. The number of nitrogens with zero attached hydrogens (tertiary/aromatic N) is 1. The van der Waals surface area contributed by atoms with Crippen LogP contribution in [0.1, 0.15) is 12.5 Å². The van der Waals surface area contributed by atoms with Crippen LogP contribution >= 0.6 is 11.6 Å². The number of rotatable bonds is 5. The third-order valence-electron chi connectivity index (χ3n) is 3.79. The molecule has 0 fully saturated rings. The summed E-state index contributed by atoms with van der Waals surface area (Å²) in [5.41, 5.74) is 1.59. The van der Waals surface area contributed by atoms with Gasteiger partial charge >= 0.3 is 0 Å². The van der Waals surface area contributed by atoms with Crippen molar-refractivity contribution < 1.29 is 9.53 Å². The Bertz CT molecular complexity index is 865. The van der Waals surface area contributed by atoms with Crippen LogP contribution in [-0.2, 0) is 11.3 Å². The number of ether oxygens (including phenoxy) is 1. The first kappa shape index (κ1) is 17.1. The summed E-state index contributed by atoms with van der Waals surface area (Å²) in [6.07, 6.45) is 0. The lowest BCUT2D eigenvalue weighted by Gasteiger charge is -2.24. The van der Waals surface area contributed by atoms with E-state index in [9.17, 15) is 4.79 Å². The maximum atomic E-state index is 12.3. The summed E-state index contributed by atoms with van der Waals surface area (Å²) in [7, 11) is 0. The molecule has 0 unspecified atom stereocenters. The Balaban J connectivity index is 1.94. The van der Waals surface area contributed by atoms with Crippen molar-refractivity contribution in [2.45, 2.75) is 13.5 Å². The Hall–Kier alpha value is -2.78. The van der Waals surface area contributed by atoms with E-state index in [2.05, 4.69) is 0 Å². The van der Waals surface area contributed by atoms with Gasteiger partial charge in [0.1, 0.15) is 5.75 Å². The van der Waals surface area contributed by atoms with E-state index < -0.39 is 0 Å². The quantitative estimate of drug-likeness (QED) is 0.592. The average Bonchev–Trinajstić information content (AvgIpc) is 2.62. The van der Waals surface area contributed by atoms with Crippen LogP contribution in [0.3, 0.4) is 0 Å². The zero-order valence-electron chi connectivity index (χ0n) is 13.9. The molecule has 3 rings (SSSR count). The van der Waals surface area contributed by atoms with E-state index in [4.69, 9.17) is 16.3 Å². The van der Waals surface area contributed by atoms with Crippen LogP contribution in [0, 0.1) is 0 Å². The lowest BCUT2D eigenvalue weighted by molar-refractivity contribution is -0.116. The monoisotopic (exact) mass is 350 g/mol. The first-order valence-electron chi connectivity index (χ1n) is 7.98. The molecule has 0 saturated heterocycles. The molecule has 0 heterocycles. The number of hydrogen-bond donors (Lipinski definition) is 0. The largest absolute Gasteiger partial charge is 0.455 e. The molecule has 3 aromatic rings. The van der Waals surface area contributed by atoms with Gasteiger partial charge in [-0.3, -0.25) is 4.79 Å². The molecule has 0 bridgehead atoms. The van der Waals surface area contributed by atoms with Gasteiger partial charge in [-0.15, -0.1) is 0 Å². The second-order valence-corrected chi connectivity index (χ2v) is 5.99. The highest BCUT2D eigenvalue weighted by atomic mass is 35.5. The van der Waals surface area contributed by atoms with Gasteiger partial charge < -0.3 is 9.64 Å². The summed E-state index contributed by atoms with van der Waals surface area (Å²) < 4.78 is 5.98. The first-order chi connectivity index (χ1) is 12.1. The van der Waals surface area contributed by atoms with E-state index >= 15 is 0 Å². The summed E-state index contributed by atoms with van der Waals surface area (Å²) >= 11 is 6.26. The molecule has 0 aromatic heterocycles. The van der Waals surface area contributed by atoms with Crippen LogP contribution in [0.25, 0.3) is 0 Å². The molecule has 0 spiro atoms. The molecule has 126 valence electrons. The SMILES string of the molecule is C[11C](=O)N(Cc1ccccc1Cl)c1ccccc1Oc1ccccc1. The third-order valence-corrected chi connectivity index (χ3v) is 4.16. The lowest BCUT2D eigenvalue weighted by Crippen LogP contribution is -2.28. The molecule has 3 nitrogen and oxygen atoms in total. The number of anilines is 1. The second-order valence-electron chi connectivity index (χ2n) is 5.58. The van der Waals surface area contributed by atoms with Crippen molar-refractivity contribution in [1.82, 2.24) is 0 Å². The van der Waals surface area contributed by atoms with Gasteiger partial charge in [-0.1, -0.05) is 60.1 Å².